The van der Waals surface area contributed by atoms with Gasteiger partial charge in [0.1, 0.15) is 0 Å². The van der Waals surface area contributed by atoms with Crippen molar-refractivity contribution in [2.45, 2.75) is 38.3 Å². The molecule has 1 amide bonds. The molecule has 2 fully saturated rings. The van der Waals surface area contributed by atoms with Gasteiger partial charge in [-0.3, -0.25) is 9.69 Å². The van der Waals surface area contributed by atoms with Crippen molar-refractivity contribution >= 4 is 5.91 Å². The van der Waals surface area contributed by atoms with E-state index in [2.05, 4.69) is 28.2 Å². The molecule has 5 heteroatoms. The van der Waals surface area contributed by atoms with Crippen LogP contribution in [0.25, 0.3) is 0 Å². The molecule has 0 radical (unpaired) electrons. The van der Waals surface area contributed by atoms with Gasteiger partial charge >= 0.3 is 0 Å². The summed E-state index contributed by atoms with van der Waals surface area (Å²) in [5.41, 5.74) is 1.86. The van der Waals surface area contributed by atoms with Crippen LogP contribution in [0.2, 0.25) is 0 Å². The third kappa shape index (κ3) is 5.27. The summed E-state index contributed by atoms with van der Waals surface area (Å²) in [4.78, 5) is 17.2. The summed E-state index contributed by atoms with van der Waals surface area (Å²) in [7, 11) is 2.16. The van der Waals surface area contributed by atoms with E-state index in [1.165, 1.54) is 18.4 Å². The van der Waals surface area contributed by atoms with E-state index in [0.29, 0.717) is 18.0 Å². The maximum Gasteiger partial charge on any atom is 0.251 e. The molecule has 1 unspecified atom stereocenters. The van der Waals surface area contributed by atoms with Crippen molar-refractivity contribution < 1.29 is 9.90 Å². The van der Waals surface area contributed by atoms with E-state index in [9.17, 15) is 9.90 Å². The van der Waals surface area contributed by atoms with Gasteiger partial charge in [-0.25, -0.2) is 0 Å². The molecule has 25 heavy (non-hydrogen) atoms. The highest BCUT2D eigenvalue weighted by Crippen LogP contribution is 2.27. The van der Waals surface area contributed by atoms with E-state index in [0.717, 1.165) is 45.6 Å². The Morgan fingerprint density at radius 2 is 1.96 bits per heavy atom. The molecule has 1 aromatic carbocycles. The van der Waals surface area contributed by atoms with Gasteiger partial charge in [0, 0.05) is 44.8 Å². The van der Waals surface area contributed by atoms with Crippen molar-refractivity contribution in [3.8, 4) is 0 Å². The number of carbonyl (C=O) groups is 1. The molecule has 2 N–H and O–H groups in total. The van der Waals surface area contributed by atoms with Crippen LogP contribution < -0.4 is 5.32 Å². The van der Waals surface area contributed by atoms with Gasteiger partial charge in [0.15, 0.2) is 0 Å². The third-order valence-corrected chi connectivity index (χ3v) is 5.61. The second kappa shape index (κ2) is 8.79. The monoisotopic (exact) mass is 345 g/mol. The maximum absolute atomic E-state index is 12.4. The van der Waals surface area contributed by atoms with E-state index in [1.807, 2.05) is 18.2 Å². The Kier molecular flexibility index (Phi) is 6.45. The fourth-order valence-electron chi connectivity index (χ4n) is 3.88. The fraction of sp³-hybridized carbons (Fsp3) is 0.650. The molecule has 0 bridgehead atoms. The van der Waals surface area contributed by atoms with Crippen LogP contribution in [0.5, 0.6) is 0 Å². The average Bonchev–Trinajstić information content (AvgIpc) is 3.16. The number of rotatable bonds is 6. The number of aliphatic hydroxyl groups excluding tert-OH is 1. The number of likely N-dealkylation sites (N-methyl/N-ethyl adjacent to an activating group) is 1. The first-order chi connectivity index (χ1) is 12.1. The molecule has 0 spiro atoms. The number of nitrogens with one attached hydrogen (secondary N) is 1. The van der Waals surface area contributed by atoms with Crippen molar-refractivity contribution in [3.63, 3.8) is 0 Å². The van der Waals surface area contributed by atoms with E-state index >= 15 is 0 Å². The van der Waals surface area contributed by atoms with Crippen molar-refractivity contribution in [3.05, 3.63) is 35.4 Å². The standard InChI is InChI=1S/C20H31N3O2/c1-22-9-11-23(12-10-22)15-16-5-4-8-18(13-16)20(25)21-14-19(24)17-6-2-3-7-17/h4-5,8,13,17,19,24H,2-3,6-7,9-12,14-15H2,1H3,(H,21,25). The van der Waals surface area contributed by atoms with Gasteiger partial charge in [0.25, 0.3) is 5.91 Å². The van der Waals surface area contributed by atoms with E-state index in [4.69, 9.17) is 0 Å². The number of benzene rings is 1. The fourth-order valence-corrected chi connectivity index (χ4v) is 3.88. The van der Waals surface area contributed by atoms with E-state index in [-0.39, 0.29) is 5.91 Å². The second-order valence-electron chi connectivity index (χ2n) is 7.60. The number of nitrogens with zero attached hydrogens (tertiary/aromatic N) is 2. The summed E-state index contributed by atoms with van der Waals surface area (Å²) < 4.78 is 0. The molecule has 2 aliphatic rings. The Labute approximate surface area is 151 Å². The summed E-state index contributed by atoms with van der Waals surface area (Å²) in [6.07, 6.45) is 4.14. The molecule has 3 rings (SSSR count). The second-order valence-corrected chi connectivity index (χ2v) is 7.60. The largest absolute Gasteiger partial charge is 0.391 e. The predicted molar refractivity (Wildman–Crippen MR) is 99.5 cm³/mol. The minimum Gasteiger partial charge on any atom is -0.391 e. The minimum absolute atomic E-state index is 0.0859. The first-order valence-electron chi connectivity index (χ1n) is 9.58. The molecule has 1 saturated heterocycles. The van der Waals surface area contributed by atoms with Crippen molar-refractivity contribution in [1.82, 2.24) is 15.1 Å². The topological polar surface area (TPSA) is 55.8 Å². The summed E-state index contributed by atoms with van der Waals surface area (Å²) in [6, 6.07) is 7.87. The van der Waals surface area contributed by atoms with Gasteiger partial charge in [-0.2, -0.15) is 0 Å². The summed E-state index contributed by atoms with van der Waals surface area (Å²) in [5, 5.41) is 13.1. The number of aliphatic hydroxyl groups is 1. The Hall–Kier alpha value is -1.43. The highest BCUT2D eigenvalue weighted by atomic mass is 16.3. The lowest BCUT2D eigenvalue weighted by Gasteiger charge is -2.32. The number of hydrogen-bond donors (Lipinski definition) is 2. The van der Waals surface area contributed by atoms with Crippen LogP contribution in [0.4, 0.5) is 0 Å². The van der Waals surface area contributed by atoms with Crippen LogP contribution in [0.15, 0.2) is 24.3 Å². The Bertz CT molecular complexity index is 564. The molecule has 0 aromatic heterocycles. The first-order valence-corrected chi connectivity index (χ1v) is 9.58. The lowest BCUT2D eigenvalue weighted by Crippen LogP contribution is -2.43. The molecule has 138 valence electrons. The predicted octanol–water partition coefficient (Wildman–Crippen LogP) is 1.71. The van der Waals surface area contributed by atoms with E-state index < -0.39 is 6.10 Å². The van der Waals surface area contributed by atoms with Gasteiger partial charge in [-0.1, -0.05) is 25.0 Å². The molecule has 5 nitrogen and oxygen atoms in total. The highest BCUT2D eigenvalue weighted by Gasteiger charge is 2.23. The zero-order valence-electron chi connectivity index (χ0n) is 15.3. The van der Waals surface area contributed by atoms with Gasteiger partial charge < -0.3 is 15.3 Å². The highest BCUT2D eigenvalue weighted by molar-refractivity contribution is 5.94. The number of carbonyl (C=O) groups excluding carboxylic acids is 1. The van der Waals surface area contributed by atoms with Crippen LogP contribution >= 0.6 is 0 Å². The quantitative estimate of drug-likeness (QED) is 0.824. The van der Waals surface area contributed by atoms with Gasteiger partial charge in [0.05, 0.1) is 6.10 Å². The summed E-state index contributed by atoms with van der Waals surface area (Å²) in [6.45, 7) is 5.57. The van der Waals surface area contributed by atoms with Crippen molar-refractivity contribution in [1.29, 1.82) is 0 Å². The average molecular weight is 345 g/mol. The Morgan fingerprint density at radius 1 is 1.24 bits per heavy atom. The van der Waals surface area contributed by atoms with Crippen LogP contribution in [-0.2, 0) is 6.54 Å². The summed E-state index contributed by atoms with van der Waals surface area (Å²) in [5.74, 6) is 0.265. The Morgan fingerprint density at radius 3 is 2.68 bits per heavy atom. The Balaban J connectivity index is 1.50. The van der Waals surface area contributed by atoms with Gasteiger partial charge in [-0.05, 0) is 43.5 Å². The zero-order valence-corrected chi connectivity index (χ0v) is 15.3. The number of hydrogen-bond acceptors (Lipinski definition) is 4. The molecule has 1 heterocycles. The normalized spacial score (nSPS) is 21.4. The van der Waals surface area contributed by atoms with Gasteiger partial charge in [-0.15, -0.1) is 0 Å². The zero-order chi connectivity index (χ0) is 17.6. The van der Waals surface area contributed by atoms with Crippen molar-refractivity contribution in [2.24, 2.45) is 5.92 Å². The third-order valence-electron chi connectivity index (χ3n) is 5.61. The van der Waals surface area contributed by atoms with E-state index in [1.54, 1.807) is 0 Å². The number of amides is 1. The van der Waals surface area contributed by atoms with Crippen LogP contribution in [-0.4, -0.2) is 66.7 Å². The SMILES string of the molecule is CN1CCN(Cc2cccc(C(=O)NCC(O)C3CCCC3)c2)CC1. The number of piperazine rings is 1. The maximum atomic E-state index is 12.4. The smallest absolute Gasteiger partial charge is 0.251 e. The van der Waals surface area contributed by atoms with Crippen molar-refractivity contribution in [2.75, 3.05) is 39.8 Å². The summed E-state index contributed by atoms with van der Waals surface area (Å²) >= 11 is 0. The molecule has 1 aliphatic heterocycles. The molecule has 1 saturated carbocycles. The van der Waals surface area contributed by atoms with Gasteiger partial charge in [0.2, 0.25) is 0 Å². The molecule has 1 aromatic rings. The van der Waals surface area contributed by atoms with Crippen LogP contribution in [0, 0.1) is 5.92 Å². The molecule has 1 atom stereocenters. The minimum atomic E-state index is -0.417. The lowest BCUT2D eigenvalue weighted by molar-refractivity contribution is 0.0840. The first kappa shape index (κ1) is 18.4. The molecular formula is C20H31N3O2. The molecular weight excluding hydrogens is 314 g/mol. The lowest BCUT2D eigenvalue weighted by atomic mass is 10.0. The van der Waals surface area contributed by atoms with Crippen LogP contribution in [0.3, 0.4) is 0 Å². The molecule has 1 aliphatic carbocycles. The van der Waals surface area contributed by atoms with Crippen LogP contribution in [0.1, 0.15) is 41.6 Å².